The Bertz CT molecular complexity index is 938. The predicted molar refractivity (Wildman–Crippen MR) is 116 cm³/mol. The molecule has 2 N–H and O–H groups in total. The summed E-state index contributed by atoms with van der Waals surface area (Å²) in [4.78, 5) is 22.6. The molecule has 2 amide bonds. The summed E-state index contributed by atoms with van der Waals surface area (Å²) in [5, 5.41) is 6.89. The van der Waals surface area contributed by atoms with Crippen molar-refractivity contribution in [2.24, 2.45) is 5.10 Å². The molecule has 29 heavy (non-hydrogen) atoms. The molecule has 0 saturated heterocycles. The van der Waals surface area contributed by atoms with Gasteiger partial charge in [-0.05, 0) is 58.2 Å². The lowest BCUT2D eigenvalue weighted by atomic mass is 10.2. The van der Waals surface area contributed by atoms with Gasteiger partial charge in [-0.25, -0.2) is 5.43 Å². The number of halogens is 3. The molecule has 0 spiro atoms. The van der Waals surface area contributed by atoms with E-state index in [4.69, 9.17) is 32.7 Å². The van der Waals surface area contributed by atoms with Gasteiger partial charge in [0.15, 0.2) is 11.5 Å². The molecule has 0 aliphatic carbocycles. The van der Waals surface area contributed by atoms with Crippen LogP contribution in [0.25, 0.3) is 0 Å². The Balaban J connectivity index is 2.17. The second-order valence-electron chi connectivity index (χ2n) is 5.58. The molecule has 2 aromatic rings. The van der Waals surface area contributed by atoms with Gasteiger partial charge in [-0.15, -0.1) is 0 Å². The highest BCUT2D eigenvalue weighted by Gasteiger charge is 2.13. The van der Waals surface area contributed by atoms with E-state index in [1.165, 1.54) is 13.3 Å². The Morgan fingerprint density at radius 1 is 1.14 bits per heavy atom. The number of carbonyl (C=O) groups excluding carboxylic acids is 2. The third kappa shape index (κ3) is 6.62. The summed E-state index contributed by atoms with van der Waals surface area (Å²) in [5.41, 5.74) is 3.60. The zero-order valence-corrected chi connectivity index (χ0v) is 18.7. The first-order valence-corrected chi connectivity index (χ1v) is 9.98. The number of benzene rings is 2. The molecule has 0 atom stereocenters. The van der Waals surface area contributed by atoms with Crippen LogP contribution in [-0.4, -0.2) is 31.7 Å². The molecule has 0 aliphatic rings. The van der Waals surface area contributed by atoms with Crippen molar-refractivity contribution >= 4 is 57.2 Å². The Morgan fingerprint density at radius 3 is 2.55 bits per heavy atom. The van der Waals surface area contributed by atoms with Crippen LogP contribution in [0.3, 0.4) is 0 Å². The number of likely N-dealkylation sites (N-methyl/N-ethyl adjacent to an activating group) is 1. The van der Waals surface area contributed by atoms with Crippen molar-refractivity contribution in [1.29, 1.82) is 0 Å². The summed E-state index contributed by atoms with van der Waals surface area (Å²) >= 11 is 15.4. The van der Waals surface area contributed by atoms with Crippen LogP contribution in [0.5, 0.6) is 11.5 Å². The van der Waals surface area contributed by atoms with E-state index in [-0.39, 0.29) is 6.61 Å². The van der Waals surface area contributed by atoms with Crippen LogP contribution >= 0.6 is 39.1 Å². The van der Waals surface area contributed by atoms with Crippen molar-refractivity contribution in [2.75, 3.05) is 13.7 Å². The summed E-state index contributed by atoms with van der Waals surface area (Å²) in [5.74, 6) is -0.663. The molecule has 0 bridgehead atoms. The number of nitrogens with zero attached hydrogens (tertiary/aromatic N) is 1. The molecule has 0 unspecified atom stereocenters. The summed E-state index contributed by atoms with van der Waals surface area (Å²) in [6, 6.07) is 8.69. The second kappa shape index (κ2) is 11.0. The van der Waals surface area contributed by atoms with Crippen LogP contribution in [0, 0.1) is 0 Å². The van der Waals surface area contributed by atoms with Gasteiger partial charge in [-0.1, -0.05) is 29.3 Å². The largest absolute Gasteiger partial charge is 0.490 e. The third-order valence-corrected chi connectivity index (χ3v) is 4.84. The molecule has 154 valence electrons. The number of rotatable bonds is 7. The maximum absolute atomic E-state index is 11.4. The minimum absolute atomic E-state index is 0.255. The lowest BCUT2D eigenvalue weighted by Gasteiger charge is -2.15. The fourth-order valence-corrected chi connectivity index (χ4v) is 3.08. The summed E-state index contributed by atoms with van der Waals surface area (Å²) < 4.78 is 12.2. The van der Waals surface area contributed by atoms with Crippen LogP contribution < -0.4 is 20.2 Å². The number of ether oxygens (including phenoxy) is 2. The van der Waals surface area contributed by atoms with Gasteiger partial charge >= 0.3 is 11.8 Å². The van der Waals surface area contributed by atoms with Crippen LogP contribution in [0.2, 0.25) is 10.0 Å². The van der Waals surface area contributed by atoms with E-state index in [1.54, 1.807) is 24.3 Å². The van der Waals surface area contributed by atoms with Crippen molar-refractivity contribution in [1.82, 2.24) is 10.7 Å². The number of hydrazone groups is 1. The van der Waals surface area contributed by atoms with E-state index < -0.39 is 11.8 Å². The highest BCUT2D eigenvalue weighted by molar-refractivity contribution is 9.10. The number of hydrogen-bond donors (Lipinski definition) is 2. The highest BCUT2D eigenvalue weighted by Crippen LogP contribution is 2.37. The first-order valence-electron chi connectivity index (χ1n) is 8.43. The molecule has 0 saturated carbocycles. The van der Waals surface area contributed by atoms with Gasteiger partial charge in [0.25, 0.3) is 0 Å². The fourth-order valence-electron chi connectivity index (χ4n) is 2.18. The molecule has 0 fully saturated rings. The lowest BCUT2D eigenvalue weighted by Crippen LogP contribution is -2.35. The summed E-state index contributed by atoms with van der Waals surface area (Å²) in [6.07, 6.45) is 1.39. The monoisotopic (exact) mass is 501 g/mol. The minimum atomic E-state index is -0.866. The molecule has 0 heterocycles. The molecular formula is C19H18BrCl2N3O4. The molecule has 10 heteroatoms. The van der Waals surface area contributed by atoms with Crippen molar-refractivity contribution in [2.45, 2.75) is 13.5 Å². The predicted octanol–water partition coefficient (Wildman–Crippen LogP) is 3.93. The average Bonchev–Trinajstić information content (AvgIpc) is 2.69. The average molecular weight is 503 g/mol. The van der Waals surface area contributed by atoms with E-state index in [0.717, 1.165) is 5.56 Å². The van der Waals surface area contributed by atoms with Gasteiger partial charge < -0.3 is 14.8 Å². The molecule has 2 rings (SSSR count). The third-order valence-electron chi connectivity index (χ3n) is 3.51. The SMILES string of the molecule is CCOc1cc(/C=N\NC(=O)C(=O)NC)cc(Br)c1OCc1ccc(Cl)c(Cl)c1. The Morgan fingerprint density at radius 2 is 1.90 bits per heavy atom. The van der Waals surface area contributed by atoms with Crippen LogP contribution in [0.1, 0.15) is 18.1 Å². The van der Waals surface area contributed by atoms with Gasteiger partial charge in [-0.2, -0.15) is 5.10 Å². The van der Waals surface area contributed by atoms with E-state index in [2.05, 4.69) is 31.8 Å². The van der Waals surface area contributed by atoms with Gasteiger partial charge in [0.05, 0.1) is 27.3 Å². The molecule has 0 radical (unpaired) electrons. The second-order valence-corrected chi connectivity index (χ2v) is 7.25. The summed E-state index contributed by atoms with van der Waals surface area (Å²) in [6.45, 7) is 2.52. The molecular weight excluding hydrogens is 485 g/mol. The van der Waals surface area contributed by atoms with Gasteiger partial charge in [0, 0.05) is 7.05 Å². The van der Waals surface area contributed by atoms with E-state index in [9.17, 15) is 9.59 Å². The quantitative estimate of drug-likeness (QED) is 0.341. The number of carbonyl (C=O) groups is 2. The minimum Gasteiger partial charge on any atom is -0.490 e. The Kier molecular flexibility index (Phi) is 8.75. The first-order chi connectivity index (χ1) is 13.8. The van der Waals surface area contributed by atoms with E-state index >= 15 is 0 Å². The van der Waals surface area contributed by atoms with Gasteiger partial charge in [-0.3, -0.25) is 9.59 Å². The van der Waals surface area contributed by atoms with E-state index in [1.807, 2.05) is 13.0 Å². The number of nitrogens with one attached hydrogen (secondary N) is 2. The zero-order chi connectivity index (χ0) is 21.4. The lowest BCUT2D eigenvalue weighted by molar-refractivity contribution is -0.138. The smallest absolute Gasteiger partial charge is 0.329 e. The van der Waals surface area contributed by atoms with Crippen molar-refractivity contribution in [3.8, 4) is 11.5 Å². The van der Waals surface area contributed by atoms with Crippen LogP contribution in [0.4, 0.5) is 0 Å². The standard InChI is InChI=1S/C19H18BrCl2N3O4/c1-3-28-16-8-12(9-24-25-19(27)18(26)23-2)6-13(20)17(16)29-10-11-4-5-14(21)15(22)7-11/h4-9H,3,10H2,1-2H3,(H,23,26)(H,25,27)/b24-9-. The Labute approximate surface area is 186 Å². The van der Waals surface area contributed by atoms with Gasteiger partial charge in [0.1, 0.15) is 6.61 Å². The van der Waals surface area contributed by atoms with Crippen molar-refractivity contribution in [3.05, 3.63) is 56.0 Å². The van der Waals surface area contributed by atoms with Crippen molar-refractivity contribution < 1.29 is 19.1 Å². The normalized spacial score (nSPS) is 10.7. The first kappa shape index (κ1) is 23.0. The maximum Gasteiger partial charge on any atom is 0.329 e. The molecule has 0 aromatic heterocycles. The van der Waals surface area contributed by atoms with Crippen molar-refractivity contribution in [3.63, 3.8) is 0 Å². The number of hydrogen-bond acceptors (Lipinski definition) is 5. The topological polar surface area (TPSA) is 89.0 Å². The van der Waals surface area contributed by atoms with Crippen LogP contribution in [0.15, 0.2) is 39.9 Å². The molecule has 2 aromatic carbocycles. The maximum atomic E-state index is 11.4. The Hall–Kier alpha value is -2.29. The highest BCUT2D eigenvalue weighted by atomic mass is 79.9. The van der Waals surface area contributed by atoms with Gasteiger partial charge in [0.2, 0.25) is 0 Å². The zero-order valence-electron chi connectivity index (χ0n) is 15.6. The van der Waals surface area contributed by atoms with E-state index in [0.29, 0.717) is 38.2 Å². The fraction of sp³-hybridized carbons (Fsp3) is 0.211. The molecule has 0 aliphatic heterocycles. The number of amides is 2. The summed E-state index contributed by atoms with van der Waals surface area (Å²) in [7, 11) is 1.35. The molecule has 7 nitrogen and oxygen atoms in total. The van der Waals surface area contributed by atoms with Crippen LogP contribution in [-0.2, 0) is 16.2 Å².